The molecule has 0 atom stereocenters. The Morgan fingerprint density at radius 2 is 1.76 bits per heavy atom. The van der Waals surface area contributed by atoms with Crippen LogP contribution in [0, 0.1) is 0 Å². The van der Waals surface area contributed by atoms with Gasteiger partial charge in [-0.15, -0.1) is 0 Å². The van der Waals surface area contributed by atoms with Gasteiger partial charge in [0.05, 0.1) is 17.2 Å². The summed E-state index contributed by atoms with van der Waals surface area (Å²) in [6.07, 6.45) is 0.771. The largest absolute Gasteiger partial charge is 0.463 e. The number of fused-ring (bicyclic) bond motifs is 3. The number of oxime groups is 1. The number of hydrogen-bond acceptors (Lipinski definition) is 8. The van der Waals surface area contributed by atoms with E-state index >= 15 is 0 Å². The number of carbonyl (C=O) groups is 2. The van der Waals surface area contributed by atoms with Crippen molar-refractivity contribution in [2.45, 2.75) is 44.2 Å². The molecular weight excluding hydrogens is 508 g/mol. The van der Waals surface area contributed by atoms with Gasteiger partial charge in [0, 0.05) is 39.8 Å². The second-order valence-corrected chi connectivity index (χ2v) is 12.4. The first-order chi connectivity index (χ1) is 17.8. The molecule has 0 saturated heterocycles. The average Bonchev–Trinajstić information content (AvgIpc) is 3.11. The zero-order chi connectivity index (χ0) is 28.0. The summed E-state index contributed by atoms with van der Waals surface area (Å²) in [7, 11) is 3.16. The summed E-state index contributed by atoms with van der Waals surface area (Å²) in [5.74, 6) is -0.913. The van der Waals surface area contributed by atoms with Crippen molar-refractivity contribution >= 4 is 33.3 Å². The van der Waals surface area contributed by atoms with Crippen LogP contribution < -0.4 is 4.90 Å². The lowest BCUT2D eigenvalue weighted by molar-refractivity contribution is -0.167. The summed E-state index contributed by atoms with van der Waals surface area (Å²) in [5.41, 5.74) is 3.95. The van der Waals surface area contributed by atoms with Crippen molar-refractivity contribution in [3.05, 3.63) is 47.0 Å². The quantitative estimate of drug-likeness (QED) is 0.391. The minimum atomic E-state index is -3.56. The van der Waals surface area contributed by atoms with E-state index in [1.54, 1.807) is 43.1 Å². The number of rotatable bonds is 7. The molecule has 0 saturated carbocycles. The van der Waals surface area contributed by atoms with Gasteiger partial charge in [-0.3, -0.25) is 4.79 Å². The van der Waals surface area contributed by atoms with Crippen molar-refractivity contribution in [2.24, 2.45) is 5.16 Å². The van der Waals surface area contributed by atoms with Crippen molar-refractivity contribution in [2.75, 3.05) is 46.2 Å². The van der Waals surface area contributed by atoms with Crippen LogP contribution in [-0.4, -0.2) is 82.2 Å². The van der Waals surface area contributed by atoms with Crippen molar-refractivity contribution < 1.29 is 27.6 Å². The molecule has 2 aliphatic heterocycles. The molecule has 4 rings (SSSR count). The first kappa shape index (κ1) is 27.7. The molecule has 1 amide bonds. The summed E-state index contributed by atoms with van der Waals surface area (Å²) < 4.78 is 31.4. The van der Waals surface area contributed by atoms with E-state index < -0.39 is 21.6 Å². The van der Waals surface area contributed by atoms with E-state index in [0.717, 1.165) is 40.9 Å². The molecule has 0 aromatic heterocycles. The fraction of sp³-hybridized carbons (Fsp3) is 0.444. The Morgan fingerprint density at radius 3 is 2.37 bits per heavy atom. The number of amides is 1. The molecule has 2 aromatic carbocycles. The minimum Gasteiger partial charge on any atom is -0.463 e. The van der Waals surface area contributed by atoms with Crippen LogP contribution in [0.5, 0.6) is 0 Å². The molecule has 2 aromatic rings. The maximum atomic E-state index is 13.3. The van der Waals surface area contributed by atoms with Crippen LogP contribution >= 0.6 is 0 Å². The van der Waals surface area contributed by atoms with E-state index in [4.69, 9.17) is 9.57 Å². The standard InChI is InChI=1S/C27H34N4O6S/c1-8-36-26(33)27(2,3)37-28-23-21-15-20(17-9-11-18(12-10-17)38(34,35)29(4)5)19-13-14-30(6)16-22(19)24(21)31(7)25(23)32/h9-12,15H,8,13-14,16H2,1-7H3. The maximum absolute atomic E-state index is 13.3. The smallest absolute Gasteiger partial charge is 0.352 e. The molecule has 0 N–H and O–H groups in total. The van der Waals surface area contributed by atoms with Gasteiger partial charge in [0.15, 0.2) is 5.71 Å². The highest BCUT2D eigenvalue weighted by Gasteiger charge is 2.39. The van der Waals surface area contributed by atoms with Crippen LogP contribution in [0.4, 0.5) is 5.69 Å². The minimum absolute atomic E-state index is 0.101. The highest BCUT2D eigenvalue weighted by molar-refractivity contribution is 7.89. The number of ether oxygens (including phenoxy) is 1. The summed E-state index contributed by atoms with van der Waals surface area (Å²) in [5, 5.41) is 4.17. The highest BCUT2D eigenvalue weighted by Crippen LogP contribution is 2.42. The van der Waals surface area contributed by atoms with Crippen LogP contribution in [0.25, 0.3) is 11.1 Å². The Labute approximate surface area is 223 Å². The monoisotopic (exact) mass is 542 g/mol. The molecule has 0 unspecified atom stereocenters. The van der Waals surface area contributed by atoms with Gasteiger partial charge in [0.2, 0.25) is 15.6 Å². The molecule has 0 fully saturated rings. The second kappa shape index (κ2) is 10.1. The summed E-state index contributed by atoms with van der Waals surface area (Å²) >= 11 is 0. The zero-order valence-electron chi connectivity index (χ0n) is 22.9. The fourth-order valence-electron chi connectivity index (χ4n) is 4.68. The van der Waals surface area contributed by atoms with Gasteiger partial charge in [0.25, 0.3) is 5.91 Å². The third-order valence-electron chi connectivity index (χ3n) is 6.86. The lowest BCUT2D eigenvalue weighted by Gasteiger charge is -2.30. The van der Waals surface area contributed by atoms with E-state index in [2.05, 4.69) is 10.1 Å². The Kier molecular flexibility index (Phi) is 7.39. The van der Waals surface area contributed by atoms with Gasteiger partial charge in [-0.25, -0.2) is 17.5 Å². The predicted octanol–water partition coefficient (Wildman–Crippen LogP) is 2.63. The first-order valence-electron chi connectivity index (χ1n) is 12.4. The molecule has 0 spiro atoms. The highest BCUT2D eigenvalue weighted by atomic mass is 32.2. The van der Waals surface area contributed by atoms with Gasteiger partial charge in [-0.2, -0.15) is 0 Å². The third-order valence-corrected chi connectivity index (χ3v) is 8.69. The molecule has 10 nitrogen and oxygen atoms in total. The Morgan fingerprint density at radius 1 is 1.11 bits per heavy atom. The number of esters is 1. The van der Waals surface area contributed by atoms with E-state index in [9.17, 15) is 18.0 Å². The van der Waals surface area contributed by atoms with Gasteiger partial charge < -0.3 is 19.4 Å². The zero-order valence-corrected chi connectivity index (χ0v) is 23.7. The molecule has 38 heavy (non-hydrogen) atoms. The molecule has 0 radical (unpaired) electrons. The fourth-order valence-corrected chi connectivity index (χ4v) is 5.58. The lowest BCUT2D eigenvalue weighted by Crippen LogP contribution is -2.36. The van der Waals surface area contributed by atoms with Crippen LogP contribution in [0.2, 0.25) is 0 Å². The van der Waals surface area contributed by atoms with Crippen molar-refractivity contribution in [3.63, 3.8) is 0 Å². The maximum Gasteiger partial charge on any atom is 0.352 e. The predicted molar refractivity (Wildman–Crippen MR) is 145 cm³/mol. The molecule has 0 aliphatic carbocycles. The SMILES string of the molecule is CCOC(=O)C(C)(C)ON=C1C(=O)N(C)c2c1cc(-c1ccc(S(=O)(=O)N(C)C)cc1)c1c2CN(C)CC1. The van der Waals surface area contributed by atoms with Crippen molar-refractivity contribution in [1.29, 1.82) is 0 Å². The van der Waals surface area contributed by atoms with Gasteiger partial charge in [-0.05, 0) is 74.7 Å². The summed E-state index contributed by atoms with van der Waals surface area (Å²) in [4.78, 5) is 35.2. The second-order valence-electron chi connectivity index (χ2n) is 10.2. The average molecular weight is 543 g/mol. The van der Waals surface area contributed by atoms with Gasteiger partial charge in [-0.1, -0.05) is 17.3 Å². The molecule has 2 aliphatic rings. The molecule has 204 valence electrons. The first-order valence-corrected chi connectivity index (χ1v) is 13.9. The topological polar surface area (TPSA) is 109 Å². The number of likely N-dealkylation sites (N-methyl/N-ethyl adjacent to an activating group) is 2. The third kappa shape index (κ3) is 4.81. The van der Waals surface area contributed by atoms with Crippen LogP contribution in [0.15, 0.2) is 40.4 Å². The van der Waals surface area contributed by atoms with E-state index in [1.165, 1.54) is 32.2 Å². The van der Waals surface area contributed by atoms with Gasteiger partial charge in [0.1, 0.15) is 0 Å². The van der Waals surface area contributed by atoms with Crippen LogP contribution in [0.3, 0.4) is 0 Å². The van der Waals surface area contributed by atoms with Crippen molar-refractivity contribution in [1.82, 2.24) is 9.21 Å². The number of benzene rings is 2. The number of nitrogens with zero attached hydrogens (tertiary/aromatic N) is 4. The normalized spacial score (nSPS) is 17.1. The van der Waals surface area contributed by atoms with Crippen molar-refractivity contribution in [3.8, 4) is 11.1 Å². The number of anilines is 1. The van der Waals surface area contributed by atoms with Crippen LogP contribution in [0.1, 0.15) is 37.5 Å². The Hall–Kier alpha value is -3.28. The number of hydrogen-bond donors (Lipinski definition) is 0. The lowest BCUT2D eigenvalue weighted by atomic mass is 9.87. The summed E-state index contributed by atoms with van der Waals surface area (Å²) in [6.45, 7) is 6.46. The number of sulfonamides is 1. The van der Waals surface area contributed by atoms with E-state index in [1.807, 2.05) is 13.1 Å². The molecule has 11 heteroatoms. The Bertz CT molecular complexity index is 1410. The van der Waals surface area contributed by atoms with E-state index in [-0.39, 0.29) is 23.1 Å². The summed E-state index contributed by atoms with van der Waals surface area (Å²) in [6, 6.07) is 8.67. The van der Waals surface area contributed by atoms with Gasteiger partial charge >= 0.3 is 5.97 Å². The van der Waals surface area contributed by atoms with Crippen LogP contribution in [-0.2, 0) is 42.2 Å². The Balaban J connectivity index is 1.85. The molecular formula is C27H34N4O6S. The molecule has 2 heterocycles. The number of carbonyl (C=O) groups excluding carboxylic acids is 2. The molecule has 0 bridgehead atoms. The van der Waals surface area contributed by atoms with E-state index in [0.29, 0.717) is 12.1 Å².